The summed E-state index contributed by atoms with van der Waals surface area (Å²) in [6, 6.07) is 12.2. The van der Waals surface area contributed by atoms with Gasteiger partial charge >= 0.3 is 0 Å². The van der Waals surface area contributed by atoms with E-state index in [0.29, 0.717) is 13.0 Å². The van der Waals surface area contributed by atoms with Gasteiger partial charge < -0.3 is 15.1 Å². The van der Waals surface area contributed by atoms with Crippen molar-refractivity contribution in [2.45, 2.75) is 51.0 Å². The third-order valence-electron chi connectivity index (χ3n) is 5.41. The fourth-order valence-electron chi connectivity index (χ4n) is 3.78. The van der Waals surface area contributed by atoms with Gasteiger partial charge in [-0.05, 0) is 49.8 Å². The maximum absolute atomic E-state index is 12.9. The summed E-state index contributed by atoms with van der Waals surface area (Å²) in [4.78, 5) is 31.5. The summed E-state index contributed by atoms with van der Waals surface area (Å²) < 4.78 is 5.16. The zero-order valence-corrected chi connectivity index (χ0v) is 18.2. The first kappa shape index (κ1) is 21.3. The number of hydrogen-bond acceptors (Lipinski definition) is 5. The highest BCUT2D eigenvalue weighted by molar-refractivity contribution is 7.11. The van der Waals surface area contributed by atoms with Crippen LogP contribution < -0.4 is 10.6 Å². The smallest absolute Gasteiger partial charge is 0.287 e. The molecule has 0 fully saturated rings. The molecular formula is C24H27N3O3S. The highest BCUT2D eigenvalue weighted by atomic mass is 32.1. The summed E-state index contributed by atoms with van der Waals surface area (Å²) in [5, 5.41) is 6.94. The van der Waals surface area contributed by atoms with Crippen LogP contribution in [0.1, 0.15) is 51.0 Å². The molecule has 4 rings (SSSR count). The van der Waals surface area contributed by atoms with Crippen molar-refractivity contribution < 1.29 is 14.0 Å². The van der Waals surface area contributed by atoms with Gasteiger partial charge in [0.2, 0.25) is 5.91 Å². The average molecular weight is 438 g/mol. The minimum atomic E-state index is -0.674. The lowest BCUT2D eigenvalue weighted by Gasteiger charge is -2.18. The quantitative estimate of drug-likeness (QED) is 0.500. The highest BCUT2D eigenvalue weighted by Gasteiger charge is 2.23. The van der Waals surface area contributed by atoms with Crippen LogP contribution in [-0.2, 0) is 30.5 Å². The molecule has 1 atom stereocenters. The first-order valence-electron chi connectivity index (χ1n) is 10.8. The van der Waals surface area contributed by atoms with Gasteiger partial charge in [-0.3, -0.25) is 9.59 Å². The molecular weight excluding hydrogens is 410 g/mol. The van der Waals surface area contributed by atoms with Crippen LogP contribution in [0.5, 0.6) is 0 Å². The minimum absolute atomic E-state index is 0.192. The van der Waals surface area contributed by atoms with Crippen LogP contribution in [0.15, 0.2) is 53.1 Å². The largest absolute Gasteiger partial charge is 0.459 e. The molecule has 2 amide bonds. The van der Waals surface area contributed by atoms with Crippen molar-refractivity contribution in [2.75, 3.05) is 6.54 Å². The van der Waals surface area contributed by atoms with Gasteiger partial charge in [-0.25, -0.2) is 4.98 Å². The van der Waals surface area contributed by atoms with Gasteiger partial charge in [-0.1, -0.05) is 30.3 Å². The van der Waals surface area contributed by atoms with Crippen molar-refractivity contribution in [3.8, 4) is 0 Å². The molecule has 0 aliphatic heterocycles. The molecule has 1 unspecified atom stereocenters. The molecule has 1 aliphatic rings. The molecule has 2 heterocycles. The number of benzene rings is 1. The van der Waals surface area contributed by atoms with E-state index in [1.165, 1.54) is 29.7 Å². The Morgan fingerprint density at radius 2 is 1.94 bits per heavy atom. The fourth-order valence-corrected chi connectivity index (χ4v) is 4.98. The molecule has 1 aromatic carbocycles. The third kappa shape index (κ3) is 5.82. The number of aryl methyl sites for hydroxylation is 3. The number of rotatable bonds is 9. The Labute approximate surface area is 186 Å². The van der Waals surface area contributed by atoms with Crippen molar-refractivity contribution >= 4 is 23.2 Å². The van der Waals surface area contributed by atoms with E-state index < -0.39 is 11.9 Å². The zero-order chi connectivity index (χ0) is 21.5. The Kier molecular flexibility index (Phi) is 7.14. The van der Waals surface area contributed by atoms with Gasteiger partial charge in [0.15, 0.2) is 5.76 Å². The molecule has 6 nitrogen and oxygen atoms in total. The summed E-state index contributed by atoms with van der Waals surface area (Å²) in [6.07, 6.45) is 8.29. The van der Waals surface area contributed by atoms with Crippen LogP contribution in [-0.4, -0.2) is 29.4 Å². The third-order valence-corrected chi connectivity index (χ3v) is 6.62. The van der Waals surface area contributed by atoms with Crippen molar-refractivity contribution in [3.05, 3.63) is 75.6 Å². The Hall–Kier alpha value is -2.93. The molecule has 7 heteroatoms. The topological polar surface area (TPSA) is 84.2 Å². The molecule has 0 saturated heterocycles. The number of hydrogen-bond donors (Lipinski definition) is 2. The van der Waals surface area contributed by atoms with Crippen LogP contribution in [0.2, 0.25) is 0 Å². The lowest BCUT2D eigenvalue weighted by atomic mass is 10.0. The highest BCUT2D eigenvalue weighted by Crippen LogP contribution is 2.27. The normalized spacial score (nSPS) is 13.9. The van der Waals surface area contributed by atoms with E-state index >= 15 is 0 Å². The van der Waals surface area contributed by atoms with Crippen LogP contribution in [0.25, 0.3) is 0 Å². The van der Waals surface area contributed by atoms with Gasteiger partial charge in [0.25, 0.3) is 5.91 Å². The monoisotopic (exact) mass is 437 g/mol. The fraction of sp³-hybridized carbons (Fsp3) is 0.375. The van der Waals surface area contributed by atoms with Gasteiger partial charge in [0.05, 0.1) is 17.0 Å². The number of amides is 2. The molecule has 31 heavy (non-hydrogen) atoms. The summed E-state index contributed by atoms with van der Waals surface area (Å²) >= 11 is 1.82. The standard InChI is InChI=1S/C24H27N3O3S/c28-23(25-14-6-13-22-26-18-10-4-5-12-21(18)31-22)19(16-17-8-2-1-3-9-17)27-24(29)20-11-7-15-30-20/h1-3,7-9,11,15,19H,4-6,10,12-14,16H2,(H,25,28)(H,27,29). The predicted molar refractivity (Wildman–Crippen MR) is 120 cm³/mol. The predicted octanol–water partition coefficient (Wildman–Crippen LogP) is 3.71. The summed E-state index contributed by atoms with van der Waals surface area (Å²) in [5.74, 6) is -0.393. The van der Waals surface area contributed by atoms with Crippen molar-refractivity contribution in [1.82, 2.24) is 15.6 Å². The summed E-state index contributed by atoms with van der Waals surface area (Å²) in [6.45, 7) is 0.547. The molecule has 162 valence electrons. The Morgan fingerprint density at radius 3 is 2.71 bits per heavy atom. The maximum Gasteiger partial charge on any atom is 0.287 e. The lowest BCUT2D eigenvalue weighted by Crippen LogP contribution is -2.48. The molecule has 1 aliphatic carbocycles. The number of nitrogens with zero attached hydrogens (tertiary/aromatic N) is 1. The molecule has 0 bridgehead atoms. The summed E-state index contributed by atoms with van der Waals surface area (Å²) in [5.41, 5.74) is 2.26. The average Bonchev–Trinajstić information content (AvgIpc) is 3.46. The molecule has 3 aromatic rings. The van der Waals surface area contributed by atoms with E-state index in [9.17, 15) is 9.59 Å². The number of carbonyl (C=O) groups is 2. The number of aromatic nitrogens is 1. The second-order valence-corrected chi connectivity index (χ2v) is 8.94. The first-order chi connectivity index (χ1) is 15.2. The number of thiazole rings is 1. The molecule has 2 N–H and O–H groups in total. The Morgan fingerprint density at radius 1 is 1.10 bits per heavy atom. The second-order valence-electron chi connectivity index (χ2n) is 7.77. The van der Waals surface area contributed by atoms with Gasteiger partial charge in [-0.15, -0.1) is 11.3 Å². The van der Waals surface area contributed by atoms with Crippen molar-refractivity contribution in [3.63, 3.8) is 0 Å². The van der Waals surface area contributed by atoms with Crippen LogP contribution in [0.4, 0.5) is 0 Å². The van der Waals surface area contributed by atoms with Crippen LogP contribution >= 0.6 is 11.3 Å². The summed E-state index contributed by atoms with van der Waals surface area (Å²) in [7, 11) is 0. The SMILES string of the molecule is O=C(NC(Cc1ccccc1)C(=O)NCCCc1nc2c(s1)CCCC2)c1ccco1. The van der Waals surface area contributed by atoms with E-state index in [2.05, 4.69) is 10.6 Å². The number of carbonyl (C=O) groups excluding carboxylic acids is 2. The lowest BCUT2D eigenvalue weighted by molar-refractivity contribution is -0.122. The zero-order valence-electron chi connectivity index (χ0n) is 17.4. The van der Waals surface area contributed by atoms with E-state index in [-0.39, 0.29) is 11.7 Å². The first-order valence-corrected chi connectivity index (χ1v) is 11.6. The molecule has 2 aromatic heterocycles. The number of nitrogens with one attached hydrogen (secondary N) is 2. The van der Waals surface area contributed by atoms with E-state index in [1.54, 1.807) is 12.1 Å². The number of fused-ring (bicyclic) bond motifs is 1. The Bertz CT molecular complexity index is 975. The van der Waals surface area contributed by atoms with Crippen molar-refractivity contribution in [1.29, 1.82) is 0 Å². The maximum atomic E-state index is 12.9. The number of furan rings is 1. The van der Waals surface area contributed by atoms with Gasteiger partial charge in [-0.2, -0.15) is 0 Å². The molecule has 0 radical (unpaired) electrons. The molecule has 0 saturated carbocycles. The minimum Gasteiger partial charge on any atom is -0.459 e. The van der Waals surface area contributed by atoms with Crippen molar-refractivity contribution in [2.24, 2.45) is 0 Å². The van der Waals surface area contributed by atoms with Gasteiger partial charge in [0.1, 0.15) is 6.04 Å². The Balaban J connectivity index is 1.31. The van der Waals surface area contributed by atoms with Gasteiger partial charge in [0, 0.05) is 24.3 Å². The molecule has 0 spiro atoms. The van der Waals surface area contributed by atoms with Crippen LogP contribution in [0, 0.1) is 0 Å². The van der Waals surface area contributed by atoms with E-state index in [1.807, 2.05) is 41.7 Å². The van der Waals surface area contributed by atoms with Crippen LogP contribution in [0.3, 0.4) is 0 Å². The van der Waals surface area contributed by atoms with E-state index in [0.717, 1.165) is 36.3 Å². The second kappa shape index (κ2) is 10.4. The van der Waals surface area contributed by atoms with E-state index in [4.69, 9.17) is 9.40 Å².